The number of ether oxygens (including phenoxy) is 1. The third-order valence-corrected chi connectivity index (χ3v) is 3.24. The monoisotopic (exact) mass is 413 g/mol. The third kappa shape index (κ3) is 7.22. The van der Waals surface area contributed by atoms with Gasteiger partial charge in [0.05, 0.1) is 12.8 Å². The standard InChI is InChI=1S/C14H20N6OS2.Cu/c1-9(17-19-13(22)15-2)12(18-20-14(23)16-3)10-5-7-11(21-4)8-6-10;/h5-8H,1-4H3,(H2,15,19,22)(H2,16,20,23);/q;+2/p-2/b17-9+,18-12-;. The van der Waals surface area contributed by atoms with Gasteiger partial charge in [-0.1, -0.05) is 0 Å². The largest absolute Gasteiger partial charge is 2.00 e. The fraction of sp³-hybridized carbons (Fsp3) is 0.286. The van der Waals surface area contributed by atoms with E-state index in [1.165, 1.54) is 0 Å². The minimum Gasteiger partial charge on any atom is -0.741 e. The molecule has 2 N–H and O–H groups in total. The molecule has 1 radical (unpaired) electrons. The molecule has 1 aromatic rings. The molecule has 0 fully saturated rings. The summed E-state index contributed by atoms with van der Waals surface area (Å²) >= 11 is 9.91. The Morgan fingerprint density at radius 2 is 1.42 bits per heavy atom. The van der Waals surface area contributed by atoms with Gasteiger partial charge in [-0.3, -0.25) is 0 Å². The van der Waals surface area contributed by atoms with Gasteiger partial charge in [-0.15, -0.1) is 5.10 Å². The van der Waals surface area contributed by atoms with Gasteiger partial charge in [0.1, 0.15) is 11.5 Å². The Morgan fingerprint density at radius 3 is 1.88 bits per heavy atom. The van der Waals surface area contributed by atoms with Gasteiger partial charge in [-0.2, -0.15) is 15.3 Å². The van der Waals surface area contributed by atoms with Crippen molar-refractivity contribution in [1.82, 2.24) is 10.6 Å². The number of rotatable bonds is 5. The molecule has 0 atom stereocenters. The maximum Gasteiger partial charge on any atom is 2.00 e. The Bertz CT molecular complexity index is 643. The summed E-state index contributed by atoms with van der Waals surface area (Å²) in [5.74, 6) is 0.742. The molecule has 0 spiro atoms. The van der Waals surface area contributed by atoms with E-state index in [1.807, 2.05) is 24.3 Å². The van der Waals surface area contributed by atoms with E-state index in [4.69, 9.17) is 30.0 Å². The molecule has 10 heteroatoms. The van der Waals surface area contributed by atoms with Crippen molar-refractivity contribution in [2.75, 3.05) is 21.2 Å². The summed E-state index contributed by atoms with van der Waals surface area (Å²) in [5, 5.41) is 22.1. The molecule has 7 nitrogen and oxygen atoms in total. The predicted octanol–water partition coefficient (Wildman–Crippen LogP) is 1.02. The first-order valence-electron chi connectivity index (χ1n) is 6.64. The zero-order chi connectivity index (χ0) is 17.2. The van der Waals surface area contributed by atoms with Crippen molar-refractivity contribution in [2.45, 2.75) is 6.92 Å². The molecule has 0 saturated heterocycles. The van der Waals surface area contributed by atoms with Crippen molar-refractivity contribution in [3.8, 4) is 5.75 Å². The van der Waals surface area contributed by atoms with Crippen LogP contribution in [0.15, 0.2) is 44.7 Å². The topological polar surface area (TPSA) is 82.7 Å². The summed E-state index contributed by atoms with van der Waals surface area (Å²) in [6.45, 7) is 1.77. The number of nitrogens with one attached hydrogen (secondary N) is 2. The number of methoxy groups -OCH3 is 1. The molecule has 133 valence electrons. The van der Waals surface area contributed by atoms with Crippen molar-refractivity contribution in [2.24, 2.45) is 20.4 Å². The number of nitrogens with zero attached hydrogens (tertiary/aromatic N) is 4. The van der Waals surface area contributed by atoms with Crippen molar-refractivity contribution in [1.29, 1.82) is 0 Å². The molecule has 24 heavy (non-hydrogen) atoms. The smallest absolute Gasteiger partial charge is 0.741 e. The van der Waals surface area contributed by atoms with E-state index in [1.54, 1.807) is 28.1 Å². The first kappa shape index (κ1) is 22.3. The van der Waals surface area contributed by atoms with Crippen molar-refractivity contribution in [3.63, 3.8) is 0 Å². The molecule has 0 aliphatic rings. The molecular formula is C14H18CuN6OS2. The molecular weight excluding hydrogens is 396 g/mol. The summed E-state index contributed by atoms with van der Waals surface area (Å²) in [7, 11) is 4.96. The minimum absolute atomic E-state index is 0. The van der Waals surface area contributed by atoms with Gasteiger partial charge in [0.25, 0.3) is 0 Å². The number of benzene rings is 1. The second-order valence-corrected chi connectivity index (χ2v) is 4.95. The van der Waals surface area contributed by atoms with Gasteiger partial charge in [0.2, 0.25) is 0 Å². The fourth-order valence-corrected chi connectivity index (χ4v) is 1.53. The average molecular weight is 414 g/mol. The van der Waals surface area contributed by atoms with Crippen LogP contribution in [-0.4, -0.2) is 43.0 Å². The van der Waals surface area contributed by atoms with Gasteiger partial charge in [-0.05, 0) is 41.5 Å². The maximum absolute atomic E-state index is 5.15. The number of amidine groups is 2. The van der Waals surface area contributed by atoms with Gasteiger partial charge < -0.3 is 40.6 Å². The van der Waals surface area contributed by atoms with Crippen LogP contribution in [0.4, 0.5) is 0 Å². The summed E-state index contributed by atoms with van der Waals surface area (Å²) < 4.78 is 5.15. The molecule has 0 aromatic heterocycles. The van der Waals surface area contributed by atoms with E-state index in [0.29, 0.717) is 11.4 Å². The molecule has 0 saturated carbocycles. The van der Waals surface area contributed by atoms with Crippen LogP contribution in [0, 0.1) is 0 Å². The van der Waals surface area contributed by atoms with Crippen molar-refractivity contribution < 1.29 is 21.8 Å². The van der Waals surface area contributed by atoms with Gasteiger partial charge in [0.15, 0.2) is 0 Å². The van der Waals surface area contributed by atoms with Crippen LogP contribution in [0.25, 0.3) is 0 Å². The molecule has 1 rings (SSSR count). The fourth-order valence-electron chi connectivity index (χ4n) is 1.45. The van der Waals surface area contributed by atoms with Gasteiger partial charge in [-0.25, -0.2) is 0 Å². The van der Waals surface area contributed by atoms with Crippen molar-refractivity contribution >= 4 is 47.0 Å². The average Bonchev–Trinajstić information content (AvgIpc) is 2.59. The number of hydrogen-bond donors (Lipinski definition) is 2. The first-order chi connectivity index (χ1) is 11.0. The molecule has 0 heterocycles. The van der Waals surface area contributed by atoms with Crippen LogP contribution in [0.1, 0.15) is 12.5 Å². The molecule has 0 amide bonds. The molecule has 1 aromatic carbocycles. The second-order valence-electron chi connectivity index (χ2n) is 4.17. The van der Waals surface area contributed by atoms with E-state index in [9.17, 15) is 0 Å². The third-order valence-electron chi connectivity index (χ3n) is 2.67. The summed E-state index contributed by atoms with van der Waals surface area (Å²) in [6.07, 6.45) is 0. The van der Waals surface area contributed by atoms with E-state index in [2.05, 4.69) is 31.0 Å². The summed E-state index contributed by atoms with van der Waals surface area (Å²) in [4.78, 5) is 0. The first-order valence-corrected chi connectivity index (χ1v) is 7.45. The maximum atomic E-state index is 5.15. The SMILES string of the molecule is CN/C([S-])=N/N=C(C)/C(=N/N=C(\[S-])NC)c1ccc(OC)cc1.[Cu+2]. The minimum atomic E-state index is 0. The predicted molar refractivity (Wildman–Crippen MR) is 100 cm³/mol. The Labute approximate surface area is 163 Å². The van der Waals surface area contributed by atoms with Gasteiger partial charge in [0, 0.05) is 19.7 Å². The van der Waals surface area contributed by atoms with Crippen LogP contribution in [0.3, 0.4) is 0 Å². The van der Waals surface area contributed by atoms with E-state index < -0.39 is 0 Å². The van der Waals surface area contributed by atoms with Crippen LogP contribution >= 0.6 is 0 Å². The Balaban J connectivity index is 0.00000529. The molecule has 0 aliphatic carbocycles. The van der Waals surface area contributed by atoms with E-state index >= 15 is 0 Å². The molecule has 0 unspecified atom stereocenters. The van der Waals surface area contributed by atoms with Crippen LogP contribution in [0.5, 0.6) is 5.75 Å². The zero-order valence-electron chi connectivity index (χ0n) is 13.6. The summed E-state index contributed by atoms with van der Waals surface area (Å²) in [5.41, 5.74) is 1.89. The quantitative estimate of drug-likeness (QED) is 0.247. The van der Waals surface area contributed by atoms with Crippen LogP contribution < -0.4 is 15.4 Å². The van der Waals surface area contributed by atoms with Gasteiger partial charge >= 0.3 is 17.1 Å². The normalized spacial score (nSPS) is 13.2. The van der Waals surface area contributed by atoms with E-state index in [-0.39, 0.29) is 27.4 Å². The Hall–Kier alpha value is -1.74. The second kappa shape index (κ2) is 11.7. The number of hydrogen-bond acceptors (Lipinski definition) is 7. The van der Waals surface area contributed by atoms with Crippen molar-refractivity contribution in [3.05, 3.63) is 29.8 Å². The molecule has 0 bridgehead atoms. The zero-order valence-corrected chi connectivity index (χ0v) is 16.2. The Morgan fingerprint density at radius 1 is 0.917 bits per heavy atom. The summed E-state index contributed by atoms with van der Waals surface area (Å²) in [6, 6.07) is 7.35. The Kier molecular flexibility index (Phi) is 10.9. The van der Waals surface area contributed by atoms with Crippen LogP contribution in [0.2, 0.25) is 0 Å². The van der Waals surface area contributed by atoms with E-state index in [0.717, 1.165) is 11.3 Å². The van der Waals surface area contributed by atoms with Crippen LogP contribution in [-0.2, 0) is 42.3 Å². The molecule has 0 aliphatic heterocycles.